The number of benzene rings is 2. The smallest absolute Gasteiger partial charge is 0.251 e. The Hall–Kier alpha value is -2.43. The second kappa shape index (κ2) is 5.69. The number of nitrogens with two attached hydrogens (primary N) is 1. The molecule has 5 heteroatoms. The number of hydrogen-bond donors (Lipinski definition) is 2. The second-order valence-corrected chi connectivity index (χ2v) is 4.49. The van der Waals surface area contributed by atoms with Crippen LogP contribution < -0.4 is 11.1 Å². The fourth-order valence-electron chi connectivity index (χ4n) is 1.89. The highest BCUT2D eigenvalue weighted by molar-refractivity contribution is 5.95. The number of carbonyl (C=O) groups excluding carboxylic acids is 1. The van der Waals surface area contributed by atoms with Crippen LogP contribution in [-0.2, 0) is 0 Å². The van der Waals surface area contributed by atoms with Gasteiger partial charge in [0.25, 0.3) is 5.91 Å². The van der Waals surface area contributed by atoms with Crippen LogP contribution in [0.2, 0.25) is 0 Å². The van der Waals surface area contributed by atoms with Crippen LogP contribution in [0.15, 0.2) is 42.5 Å². The number of halogens is 2. The van der Waals surface area contributed by atoms with Crippen LogP contribution in [0.4, 0.5) is 14.5 Å². The van der Waals surface area contributed by atoms with E-state index in [-0.39, 0.29) is 11.5 Å². The standard InChI is InChI=1S/C15H14F2N2O/c1-9(13-6-5-11(16)8-14(13)17)19-15(20)10-3-2-4-12(18)7-10/h2-9H,18H2,1H3,(H,19,20). The van der Waals surface area contributed by atoms with Crippen molar-refractivity contribution in [3.8, 4) is 0 Å². The van der Waals surface area contributed by atoms with Gasteiger partial charge in [-0.3, -0.25) is 4.79 Å². The summed E-state index contributed by atoms with van der Waals surface area (Å²) in [5.41, 5.74) is 6.68. The molecular weight excluding hydrogens is 262 g/mol. The Morgan fingerprint density at radius 3 is 2.60 bits per heavy atom. The van der Waals surface area contributed by atoms with Gasteiger partial charge in [-0.2, -0.15) is 0 Å². The molecule has 3 N–H and O–H groups in total. The van der Waals surface area contributed by atoms with Gasteiger partial charge < -0.3 is 11.1 Å². The van der Waals surface area contributed by atoms with Gasteiger partial charge in [-0.1, -0.05) is 12.1 Å². The van der Waals surface area contributed by atoms with E-state index in [4.69, 9.17) is 5.73 Å². The summed E-state index contributed by atoms with van der Waals surface area (Å²) in [6.07, 6.45) is 0. The average molecular weight is 276 g/mol. The maximum absolute atomic E-state index is 13.6. The average Bonchev–Trinajstić information content (AvgIpc) is 2.38. The quantitative estimate of drug-likeness (QED) is 0.847. The summed E-state index contributed by atoms with van der Waals surface area (Å²) in [5.74, 6) is -1.71. The molecule has 0 radical (unpaired) electrons. The molecule has 104 valence electrons. The minimum Gasteiger partial charge on any atom is -0.399 e. The van der Waals surface area contributed by atoms with Crippen LogP contribution in [0.25, 0.3) is 0 Å². The van der Waals surface area contributed by atoms with Gasteiger partial charge in [-0.05, 0) is 31.2 Å². The molecule has 20 heavy (non-hydrogen) atoms. The van der Waals surface area contributed by atoms with Gasteiger partial charge in [0.2, 0.25) is 0 Å². The van der Waals surface area contributed by atoms with Crippen LogP contribution in [-0.4, -0.2) is 5.91 Å². The molecule has 0 heterocycles. The predicted octanol–water partition coefficient (Wildman–Crippen LogP) is 3.04. The third kappa shape index (κ3) is 3.12. The molecule has 0 saturated carbocycles. The van der Waals surface area contributed by atoms with Gasteiger partial charge in [0, 0.05) is 22.9 Å². The van der Waals surface area contributed by atoms with Gasteiger partial charge in [0.15, 0.2) is 0 Å². The molecule has 1 unspecified atom stereocenters. The topological polar surface area (TPSA) is 55.1 Å². The summed E-state index contributed by atoms with van der Waals surface area (Å²) < 4.78 is 26.4. The maximum atomic E-state index is 13.6. The molecule has 0 aliphatic heterocycles. The van der Waals surface area contributed by atoms with Crippen LogP contribution in [0.3, 0.4) is 0 Å². The van der Waals surface area contributed by atoms with Crippen molar-refractivity contribution in [2.75, 3.05) is 5.73 Å². The van der Waals surface area contributed by atoms with E-state index >= 15 is 0 Å². The molecular formula is C15H14F2N2O. The third-order valence-corrected chi connectivity index (χ3v) is 2.93. The van der Waals surface area contributed by atoms with Gasteiger partial charge in [0.1, 0.15) is 11.6 Å². The zero-order chi connectivity index (χ0) is 14.7. The van der Waals surface area contributed by atoms with Crippen LogP contribution in [0, 0.1) is 11.6 Å². The highest BCUT2D eigenvalue weighted by Gasteiger charge is 2.15. The molecule has 2 aromatic carbocycles. The lowest BCUT2D eigenvalue weighted by molar-refractivity contribution is 0.0939. The number of rotatable bonds is 3. The number of carbonyl (C=O) groups is 1. The minimum absolute atomic E-state index is 0.226. The van der Waals surface area contributed by atoms with Gasteiger partial charge >= 0.3 is 0 Å². The van der Waals surface area contributed by atoms with E-state index < -0.39 is 17.7 Å². The molecule has 0 saturated heterocycles. The Balaban J connectivity index is 2.15. The summed E-state index contributed by atoms with van der Waals surface area (Å²) in [7, 11) is 0. The number of amides is 1. The third-order valence-electron chi connectivity index (χ3n) is 2.93. The highest BCUT2D eigenvalue weighted by atomic mass is 19.1. The molecule has 3 nitrogen and oxygen atoms in total. The van der Waals surface area contributed by atoms with E-state index in [1.54, 1.807) is 25.1 Å². The molecule has 2 rings (SSSR count). The van der Waals surface area contributed by atoms with Gasteiger partial charge in [-0.25, -0.2) is 8.78 Å². The zero-order valence-corrected chi connectivity index (χ0v) is 10.9. The van der Waals surface area contributed by atoms with E-state index in [1.807, 2.05) is 0 Å². The van der Waals surface area contributed by atoms with Gasteiger partial charge in [0.05, 0.1) is 6.04 Å². The lowest BCUT2D eigenvalue weighted by atomic mass is 10.1. The molecule has 0 fully saturated rings. The monoisotopic (exact) mass is 276 g/mol. The Bertz CT molecular complexity index is 644. The first-order valence-electron chi connectivity index (χ1n) is 6.08. The predicted molar refractivity (Wildman–Crippen MR) is 73.1 cm³/mol. The summed E-state index contributed by atoms with van der Waals surface area (Å²) in [6, 6.07) is 9.15. The molecule has 1 atom stereocenters. The molecule has 0 aliphatic carbocycles. The molecule has 0 spiro atoms. The van der Waals surface area contributed by atoms with Gasteiger partial charge in [-0.15, -0.1) is 0 Å². The lowest BCUT2D eigenvalue weighted by Crippen LogP contribution is -2.27. The minimum atomic E-state index is -0.689. The maximum Gasteiger partial charge on any atom is 0.251 e. The Kier molecular flexibility index (Phi) is 3.98. The summed E-state index contributed by atoms with van der Waals surface area (Å²) >= 11 is 0. The molecule has 1 amide bonds. The van der Waals surface area contributed by atoms with Crippen molar-refractivity contribution in [2.24, 2.45) is 0 Å². The number of hydrogen-bond acceptors (Lipinski definition) is 2. The zero-order valence-electron chi connectivity index (χ0n) is 10.9. The van der Waals surface area contributed by atoms with Crippen molar-refractivity contribution in [1.29, 1.82) is 0 Å². The van der Waals surface area contributed by atoms with E-state index in [9.17, 15) is 13.6 Å². The van der Waals surface area contributed by atoms with Crippen molar-refractivity contribution in [3.05, 3.63) is 65.2 Å². The first kappa shape index (κ1) is 14.0. The second-order valence-electron chi connectivity index (χ2n) is 4.49. The Labute approximate surface area is 115 Å². The van der Waals surface area contributed by atoms with Crippen LogP contribution >= 0.6 is 0 Å². The SMILES string of the molecule is CC(NC(=O)c1cccc(N)c1)c1ccc(F)cc1F. The van der Waals surface area contributed by atoms with Crippen LogP contribution in [0.1, 0.15) is 28.9 Å². The molecule has 0 bridgehead atoms. The van der Waals surface area contributed by atoms with E-state index in [2.05, 4.69) is 5.32 Å². The Morgan fingerprint density at radius 1 is 1.20 bits per heavy atom. The molecule has 0 aliphatic rings. The molecule has 0 aromatic heterocycles. The Morgan fingerprint density at radius 2 is 1.95 bits per heavy atom. The van der Waals surface area contributed by atoms with Crippen LogP contribution in [0.5, 0.6) is 0 Å². The molecule has 2 aromatic rings. The van der Waals surface area contributed by atoms with Crippen molar-refractivity contribution < 1.29 is 13.6 Å². The van der Waals surface area contributed by atoms with E-state index in [1.165, 1.54) is 12.1 Å². The number of nitrogens with one attached hydrogen (secondary N) is 1. The normalized spacial score (nSPS) is 11.9. The van der Waals surface area contributed by atoms with E-state index in [0.29, 0.717) is 11.3 Å². The fraction of sp³-hybridized carbons (Fsp3) is 0.133. The number of anilines is 1. The summed E-state index contributed by atoms with van der Waals surface area (Å²) in [6.45, 7) is 1.63. The van der Waals surface area contributed by atoms with Crippen molar-refractivity contribution >= 4 is 11.6 Å². The highest BCUT2D eigenvalue weighted by Crippen LogP contribution is 2.18. The largest absolute Gasteiger partial charge is 0.399 e. The lowest BCUT2D eigenvalue weighted by Gasteiger charge is -2.15. The summed E-state index contributed by atoms with van der Waals surface area (Å²) in [4.78, 5) is 12.0. The van der Waals surface area contributed by atoms with Crippen molar-refractivity contribution in [3.63, 3.8) is 0 Å². The number of nitrogen functional groups attached to an aromatic ring is 1. The van der Waals surface area contributed by atoms with Crippen molar-refractivity contribution in [2.45, 2.75) is 13.0 Å². The fourth-order valence-corrected chi connectivity index (χ4v) is 1.89. The van der Waals surface area contributed by atoms with Crippen molar-refractivity contribution in [1.82, 2.24) is 5.32 Å². The summed E-state index contributed by atoms with van der Waals surface area (Å²) in [5, 5.41) is 2.64. The first-order chi connectivity index (χ1) is 9.47. The first-order valence-corrected chi connectivity index (χ1v) is 6.08. The van der Waals surface area contributed by atoms with E-state index in [0.717, 1.165) is 12.1 Å².